The highest BCUT2D eigenvalue weighted by Crippen LogP contribution is 2.57. The summed E-state index contributed by atoms with van der Waals surface area (Å²) in [6, 6.07) is 0. The lowest BCUT2D eigenvalue weighted by Crippen LogP contribution is -2.36. The lowest BCUT2D eigenvalue weighted by atomic mass is 9.61. The van der Waals surface area contributed by atoms with Gasteiger partial charge in [-0.2, -0.15) is 0 Å². The van der Waals surface area contributed by atoms with E-state index >= 15 is 0 Å². The highest BCUT2D eigenvalue weighted by molar-refractivity contribution is 5.94. The van der Waals surface area contributed by atoms with E-state index in [4.69, 9.17) is 0 Å². The summed E-state index contributed by atoms with van der Waals surface area (Å²) in [7, 11) is 0. The predicted octanol–water partition coefficient (Wildman–Crippen LogP) is 3.33. The first-order chi connectivity index (χ1) is 9.58. The number of carbonyl (C=O) groups excluding carboxylic acids is 1. The van der Waals surface area contributed by atoms with Crippen molar-refractivity contribution in [3.8, 4) is 0 Å². The Bertz CT molecular complexity index is 566. The zero-order valence-electron chi connectivity index (χ0n) is 12.1. The molecular formula is C18H22O2. The lowest BCUT2D eigenvalue weighted by molar-refractivity contribution is -0.116. The molecule has 1 N–H and O–H groups in total. The summed E-state index contributed by atoms with van der Waals surface area (Å²) in [4.78, 5) is 11.6. The Morgan fingerprint density at radius 3 is 3.05 bits per heavy atom. The molecule has 0 aliphatic heterocycles. The summed E-state index contributed by atoms with van der Waals surface area (Å²) < 4.78 is 0. The Balaban J connectivity index is 1.85. The average Bonchev–Trinajstić information content (AvgIpc) is 2.79. The maximum Gasteiger partial charge on any atom is 0.158 e. The molecule has 4 aliphatic rings. The van der Waals surface area contributed by atoms with Gasteiger partial charge in [0.1, 0.15) is 0 Å². The molecule has 4 rings (SSSR count). The van der Waals surface area contributed by atoms with Crippen molar-refractivity contribution in [1.29, 1.82) is 0 Å². The van der Waals surface area contributed by atoms with Crippen molar-refractivity contribution in [2.45, 2.75) is 51.6 Å². The number of rotatable bonds is 0. The Morgan fingerprint density at radius 1 is 1.35 bits per heavy atom. The van der Waals surface area contributed by atoms with Crippen LogP contribution < -0.4 is 0 Å². The van der Waals surface area contributed by atoms with Crippen LogP contribution in [-0.4, -0.2) is 17.0 Å². The molecule has 0 radical (unpaired) electrons. The first kappa shape index (κ1) is 12.6. The van der Waals surface area contributed by atoms with Gasteiger partial charge in [-0.25, -0.2) is 0 Å². The fourth-order valence-corrected chi connectivity index (χ4v) is 5.09. The summed E-state index contributed by atoms with van der Waals surface area (Å²) in [5.41, 5.74) is 3.90. The van der Waals surface area contributed by atoms with Crippen molar-refractivity contribution in [2.24, 2.45) is 17.3 Å². The van der Waals surface area contributed by atoms with E-state index in [1.165, 1.54) is 24.8 Å². The number of allylic oxidation sites excluding steroid dienone is 4. The van der Waals surface area contributed by atoms with Gasteiger partial charge in [0.2, 0.25) is 0 Å². The van der Waals surface area contributed by atoms with Gasteiger partial charge in [-0.3, -0.25) is 4.79 Å². The predicted molar refractivity (Wildman–Crippen MR) is 78.1 cm³/mol. The van der Waals surface area contributed by atoms with Crippen LogP contribution in [0.4, 0.5) is 0 Å². The van der Waals surface area contributed by atoms with Gasteiger partial charge in [0.05, 0.1) is 6.10 Å². The Hall–Kier alpha value is -1.15. The summed E-state index contributed by atoms with van der Waals surface area (Å²) in [5, 5.41) is 10.4. The van der Waals surface area contributed by atoms with Crippen molar-refractivity contribution in [3.05, 3.63) is 34.9 Å². The van der Waals surface area contributed by atoms with Crippen molar-refractivity contribution < 1.29 is 9.90 Å². The first-order valence-corrected chi connectivity index (χ1v) is 7.94. The van der Waals surface area contributed by atoms with Crippen LogP contribution >= 0.6 is 0 Å². The normalized spacial score (nSPS) is 43.0. The van der Waals surface area contributed by atoms with E-state index in [2.05, 4.69) is 19.1 Å². The fraction of sp³-hybridized carbons (Fsp3) is 0.611. The smallest absolute Gasteiger partial charge is 0.158 e. The molecule has 4 aliphatic carbocycles. The summed E-state index contributed by atoms with van der Waals surface area (Å²) >= 11 is 0. The molecule has 1 fully saturated rings. The first-order valence-electron chi connectivity index (χ1n) is 7.94. The summed E-state index contributed by atoms with van der Waals surface area (Å²) in [6.07, 6.45) is 12.2. The molecule has 106 valence electrons. The molecule has 0 spiro atoms. The van der Waals surface area contributed by atoms with Gasteiger partial charge in [-0.05, 0) is 65.7 Å². The molecule has 1 unspecified atom stereocenters. The van der Waals surface area contributed by atoms with Crippen LogP contribution in [0.3, 0.4) is 0 Å². The zero-order chi connectivity index (χ0) is 13.9. The molecule has 20 heavy (non-hydrogen) atoms. The standard InChI is InChI=1S/C18H22O2/c1-18-7-2-3-15(18)13-5-4-11-9-12(19)10-16(20)17(11)14(13)6-8-18/h6,8-9,13,15-16,20H,2-5,7,10H2,1H3/t13-,15+,16?,18+/m1/s1. The molecule has 0 aromatic rings. The van der Waals surface area contributed by atoms with Crippen LogP contribution in [0.5, 0.6) is 0 Å². The quantitative estimate of drug-likeness (QED) is 0.733. The Morgan fingerprint density at radius 2 is 2.20 bits per heavy atom. The molecular weight excluding hydrogens is 248 g/mol. The van der Waals surface area contributed by atoms with Gasteiger partial charge in [-0.1, -0.05) is 25.5 Å². The lowest BCUT2D eigenvalue weighted by Gasteiger charge is -2.44. The minimum atomic E-state index is -0.573. The van der Waals surface area contributed by atoms with Crippen molar-refractivity contribution >= 4 is 5.78 Å². The van der Waals surface area contributed by atoms with E-state index in [-0.39, 0.29) is 12.2 Å². The van der Waals surface area contributed by atoms with Gasteiger partial charge in [0.15, 0.2) is 5.78 Å². The monoisotopic (exact) mass is 270 g/mol. The average molecular weight is 270 g/mol. The maximum absolute atomic E-state index is 11.6. The number of aliphatic hydroxyl groups excluding tert-OH is 1. The minimum absolute atomic E-state index is 0.0841. The number of hydrogen-bond acceptors (Lipinski definition) is 2. The van der Waals surface area contributed by atoms with Crippen LogP contribution in [0.1, 0.15) is 45.4 Å². The fourth-order valence-electron chi connectivity index (χ4n) is 5.09. The van der Waals surface area contributed by atoms with Crippen LogP contribution in [0.25, 0.3) is 0 Å². The third-order valence-electron chi connectivity index (χ3n) is 6.05. The summed E-state index contributed by atoms with van der Waals surface area (Å²) in [5.74, 6) is 1.42. The molecule has 0 aromatic carbocycles. The van der Waals surface area contributed by atoms with E-state index in [1.807, 2.05) is 0 Å². The minimum Gasteiger partial charge on any atom is -0.388 e. The van der Waals surface area contributed by atoms with E-state index in [9.17, 15) is 9.90 Å². The molecule has 0 heterocycles. The third kappa shape index (κ3) is 1.64. The van der Waals surface area contributed by atoms with E-state index in [1.54, 1.807) is 6.08 Å². The molecule has 0 amide bonds. The SMILES string of the molecule is C[C@]12C=CC3=C4C(=CC(=O)CC4O)CC[C@H]3[C@@H]1CCC2. The van der Waals surface area contributed by atoms with Crippen LogP contribution in [0.15, 0.2) is 34.9 Å². The van der Waals surface area contributed by atoms with E-state index < -0.39 is 6.10 Å². The highest BCUT2D eigenvalue weighted by Gasteiger charge is 2.47. The van der Waals surface area contributed by atoms with E-state index in [0.29, 0.717) is 11.3 Å². The molecule has 1 saturated carbocycles. The summed E-state index contributed by atoms with van der Waals surface area (Å²) in [6.45, 7) is 2.40. The second-order valence-corrected chi connectivity index (χ2v) is 7.21. The zero-order valence-corrected chi connectivity index (χ0v) is 12.1. The number of fused-ring (bicyclic) bond motifs is 4. The van der Waals surface area contributed by atoms with Crippen molar-refractivity contribution in [3.63, 3.8) is 0 Å². The van der Waals surface area contributed by atoms with Gasteiger partial charge < -0.3 is 5.11 Å². The molecule has 0 aromatic heterocycles. The molecule has 2 heteroatoms. The van der Waals surface area contributed by atoms with Gasteiger partial charge in [0.25, 0.3) is 0 Å². The number of aliphatic hydroxyl groups is 1. The molecule has 2 nitrogen and oxygen atoms in total. The van der Waals surface area contributed by atoms with Crippen LogP contribution in [0, 0.1) is 17.3 Å². The van der Waals surface area contributed by atoms with Crippen LogP contribution in [0.2, 0.25) is 0 Å². The highest BCUT2D eigenvalue weighted by atomic mass is 16.3. The molecule has 0 saturated heterocycles. The number of hydrogen-bond donors (Lipinski definition) is 1. The topological polar surface area (TPSA) is 37.3 Å². The van der Waals surface area contributed by atoms with Gasteiger partial charge >= 0.3 is 0 Å². The largest absolute Gasteiger partial charge is 0.388 e. The van der Waals surface area contributed by atoms with Gasteiger partial charge in [-0.15, -0.1) is 0 Å². The Labute approximate surface area is 120 Å². The van der Waals surface area contributed by atoms with Crippen LogP contribution in [-0.2, 0) is 4.79 Å². The second kappa shape index (κ2) is 4.17. The number of ketones is 1. The number of carbonyl (C=O) groups is 1. The Kier molecular flexibility index (Phi) is 2.62. The van der Waals surface area contributed by atoms with Gasteiger partial charge in [0, 0.05) is 6.42 Å². The maximum atomic E-state index is 11.6. The van der Waals surface area contributed by atoms with Crippen molar-refractivity contribution in [2.75, 3.05) is 0 Å². The third-order valence-corrected chi connectivity index (χ3v) is 6.05. The molecule has 0 bridgehead atoms. The molecule has 4 atom stereocenters. The van der Waals surface area contributed by atoms with Crippen molar-refractivity contribution in [1.82, 2.24) is 0 Å². The second-order valence-electron chi connectivity index (χ2n) is 7.21. The van der Waals surface area contributed by atoms with E-state index in [0.717, 1.165) is 29.9 Å².